The van der Waals surface area contributed by atoms with Gasteiger partial charge in [-0.25, -0.2) is 22.7 Å². The van der Waals surface area contributed by atoms with Crippen molar-refractivity contribution < 1.29 is 8.42 Å². The number of aromatic nitrogens is 2. The largest absolute Gasteiger partial charge is 0.340 e. The van der Waals surface area contributed by atoms with Gasteiger partial charge in [0.1, 0.15) is 17.0 Å². The van der Waals surface area contributed by atoms with Gasteiger partial charge in [-0.2, -0.15) is 0 Å². The number of nitrogens with zero attached hydrogens (tertiary/aromatic N) is 3. The van der Waals surface area contributed by atoms with Crippen LogP contribution in [0.15, 0.2) is 35.5 Å². The number of nitrogens with one attached hydrogen (secondary N) is 1. The van der Waals surface area contributed by atoms with E-state index in [0.717, 1.165) is 28.9 Å². The van der Waals surface area contributed by atoms with Crippen LogP contribution in [0.5, 0.6) is 0 Å². The molecule has 136 valence electrons. The van der Waals surface area contributed by atoms with Crippen LogP contribution in [0.2, 0.25) is 0 Å². The van der Waals surface area contributed by atoms with E-state index in [1.54, 1.807) is 35.9 Å². The molecule has 0 aliphatic heterocycles. The van der Waals surface area contributed by atoms with Crippen molar-refractivity contribution in [3.63, 3.8) is 0 Å². The minimum absolute atomic E-state index is 0.255. The Balaban J connectivity index is 1.76. The summed E-state index contributed by atoms with van der Waals surface area (Å²) in [5.41, 5.74) is 2.04. The Hall–Kier alpha value is -2.03. The topological polar surface area (TPSA) is 75.2 Å². The Labute approximate surface area is 157 Å². The van der Waals surface area contributed by atoms with Gasteiger partial charge in [0.15, 0.2) is 0 Å². The molecule has 4 rings (SSSR count). The number of aryl methyl sites for hydroxylation is 2. The number of thiophene rings is 1. The molecule has 0 atom stereocenters. The van der Waals surface area contributed by atoms with Crippen molar-refractivity contribution in [2.45, 2.75) is 30.6 Å². The third-order valence-electron chi connectivity index (χ3n) is 4.63. The second kappa shape index (κ2) is 6.61. The molecule has 0 saturated carbocycles. The van der Waals surface area contributed by atoms with Crippen LogP contribution >= 0.6 is 11.3 Å². The highest BCUT2D eigenvalue weighted by molar-refractivity contribution is 7.89. The molecular weight excluding hydrogens is 368 g/mol. The van der Waals surface area contributed by atoms with Crippen molar-refractivity contribution in [3.05, 3.63) is 41.0 Å². The summed E-state index contributed by atoms with van der Waals surface area (Å²) in [7, 11) is -0.417. The molecule has 0 saturated heterocycles. The number of fused-ring (bicyclic) bond motifs is 3. The number of sulfonamides is 1. The lowest BCUT2D eigenvalue weighted by atomic mass is 9.97. The zero-order chi connectivity index (χ0) is 18.3. The Morgan fingerprint density at radius 1 is 1.15 bits per heavy atom. The lowest BCUT2D eigenvalue weighted by molar-refractivity contribution is 0.521. The molecule has 1 aliphatic rings. The summed E-state index contributed by atoms with van der Waals surface area (Å²) in [5.74, 6) is 0.744. The fraction of sp³-hybridized carbons (Fsp3) is 0.333. The summed E-state index contributed by atoms with van der Waals surface area (Å²) in [6.07, 6.45) is 6.12. The van der Waals surface area contributed by atoms with E-state index in [-0.39, 0.29) is 4.90 Å². The minimum Gasteiger partial charge on any atom is -0.340 e. The van der Waals surface area contributed by atoms with Crippen molar-refractivity contribution in [3.8, 4) is 0 Å². The smallest absolute Gasteiger partial charge is 0.242 e. The molecule has 0 spiro atoms. The van der Waals surface area contributed by atoms with Crippen molar-refractivity contribution in [2.24, 2.45) is 0 Å². The number of hydrogen-bond donors (Lipinski definition) is 1. The zero-order valence-electron chi connectivity index (χ0n) is 14.7. The number of anilines is 2. The van der Waals surface area contributed by atoms with Crippen molar-refractivity contribution in [1.82, 2.24) is 14.3 Å². The second-order valence-corrected chi connectivity index (χ2v) is 9.79. The maximum absolute atomic E-state index is 12.4. The molecule has 1 aromatic carbocycles. The highest BCUT2D eigenvalue weighted by atomic mass is 32.2. The Kier molecular flexibility index (Phi) is 4.42. The van der Waals surface area contributed by atoms with Crippen LogP contribution in [0, 0.1) is 0 Å². The fourth-order valence-corrected chi connectivity index (χ4v) is 5.44. The van der Waals surface area contributed by atoms with Gasteiger partial charge < -0.3 is 5.32 Å². The highest BCUT2D eigenvalue weighted by Gasteiger charge is 2.21. The molecule has 3 aromatic rings. The quantitative estimate of drug-likeness (QED) is 0.740. The summed E-state index contributed by atoms with van der Waals surface area (Å²) in [5, 5.41) is 4.38. The highest BCUT2D eigenvalue weighted by Crippen LogP contribution is 2.38. The lowest BCUT2D eigenvalue weighted by Crippen LogP contribution is -2.22. The molecule has 0 amide bonds. The van der Waals surface area contributed by atoms with Gasteiger partial charge >= 0.3 is 0 Å². The molecule has 8 heteroatoms. The monoisotopic (exact) mass is 388 g/mol. The van der Waals surface area contributed by atoms with Gasteiger partial charge in [-0.15, -0.1) is 11.3 Å². The minimum atomic E-state index is -3.48. The first-order chi connectivity index (χ1) is 12.5. The first-order valence-corrected chi connectivity index (χ1v) is 10.8. The van der Waals surface area contributed by atoms with Crippen molar-refractivity contribution >= 4 is 43.1 Å². The summed E-state index contributed by atoms with van der Waals surface area (Å²) in [4.78, 5) is 11.5. The van der Waals surface area contributed by atoms with E-state index in [4.69, 9.17) is 0 Å². The number of benzene rings is 1. The maximum atomic E-state index is 12.4. The molecule has 0 bridgehead atoms. The Morgan fingerprint density at radius 3 is 2.77 bits per heavy atom. The summed E-state index contributed by atoms with van der Waals surface area (Å²) in [6.45, 7) is 0. The molecule has 1 N–H and O–H groups in total. The van der Waals surface area contributed by atoms with Crippen LogP contribution in [-0.4, -0.2) is 36.8 Å². The SMILES string of the molecule is CN(C)S(=O)(=O)c1cccc(Nc2ncnc3sc4c(c23)CCCC4)c1. The van der Waals surface area contributed by atoms with Crippen LogP contribution in [0.3, 0.4) is 0 Å². The molecule has 2 heterocycles. The predicted octanol–water partition coefficient (Wildman–Crippen LogP) is 3.56. The molecule has 6 nitrogen and oxygen atoms in total. The number of hydrogen-bond acceptors (Lipinski definition) is 6. The van der Waals surface area contributed by atoms with E-state index in [9.17, 15) is 8.42 Å². The first kappa shape index (κ1) is 17.4. The first-order valence-electron chi connectivity index (χ1n) is 8.51. The van der Waals surface area contributed by atoms with Gasteiger partial charge in [0.2, 0.25) is 10.0 Å². The van der Waals surface area contributed by atoms with E-state index < -0.39 is 10.0 Å². The van der Waals surface area contributed by atoms with Crippen molar-refractivity contribution in [1.29, 1.82) is 0 Å². The van der Waals surface area contributed by atoms with E-state index in [1.807, 2.05) is 6.07 Å². The average Bonchev–Trinajstić information content (AvgIpc) is 3.01. The van der Waals surface area contributed by atoms with Gasteiger partial charge in [-0.3, -0.25) is 0 Å². The third-order valence-corrected chi connectivity index (χ3v) is 7.64. The maximum Gasteiger partial charge on any atom is 0.242 e. The standard InChI is InChI=1S/C18H20N4O2S2/c1-22(2)26(23,24)13-7-5-6-12(10-13)21-17-16-14-8-3-4-9-15(14)25-18(16)20-11-19-17/h5-7,10-11H,3-4,8-9H2,1-2H3,(H,19,20,21). The summed E-state index contributed by atoms with van der Waals surface area (Å²) >= 11 is 1.74. The molecule has 0 radical (unpaired) electrons. The van der Waals surface area contributed by atoms with Gasteiger partial charge in [0.05, 0.1) is 10.3 Å². The predicted molar refractivity (Wildman–Crippen MR) is 105 cm³/mol. The molecule has 26 heavy (non-hydrogen) atoms. The second-order valence-electron chi connectivity index (χ2n) is 6.55. The van der Waals surface area contributed by atoms with Crippen LogP contribution in [0.1, 0.15) is 23.3 Å². The summed E-state index contributed by atoms with van der Waals surface area (Å²) in [6, 6.07) is 6.83. The zero-order valence-corrected chi connectivity index (χ0v) is 16.3. The van der Waals surface area contributed by atoms with Crippen LogP contribution in [-0.2, 0) is 22.9 Å². The van der Waals surface area contributed by atoms with Crippen LogP contribution < -0.4 is 5.32 Å². The third kappa shape index (κ3) is 2.98. The van der Waals surface area contributed by atoms with Crippen molar-refractivity contribution in [2.75, 3.05) is 19.4 Å². The summed E-state index contributed by atoms with van der Waals surface area (Å²) < 4.78 is 26.0. The van der Waals surface area contributed by atoms with Gasteiger partial charge in [0.25, 0.3) is 0 Å². The normalized spacial score (nSPS) is 14.6. The van der Waals surface area contributed by atoms with E-state index >= 15 is 0 Å². The molecule has 1 aliphatic carbocycles. The molecule has 0 unspecified atom stereocenters. The molecular formula is C18H20N4O2S2. The Bertz CT molecular complexity index is 1070. The van der Waals surface area contributed by atoms with Gasteiger partial charge in [-0.05, 0) is 49.4 Å². The Morgan fingerprint density at radius 2 is 1.96 bits per heavy atom. The van der Waals surface area contributed by atoms with Gasteiger partial charge in [0, 0.05) is 24.7 Å². The number of rotatable bonds is 4. The van der Waals surface area contributed by atoms with E-state index in [0.29, 0.717) is 5.69 Å². The molecule has 0 fully saturated rings. The lowest BCUT2D eigenvalue weighted by Gasteiger charge is -2.14. The fourth-order valence-electron chi connectivity index (χ4n) is 3.27. The van der Waals surface area contributed by atoms with Crippen LogP contribution in [0.4, 0.5) is 11.5 Å². The van der Waals surface area contributed by atoms with E-state index in [2.05, 4.69) is 15.3 Å². The van der Waals surface area contributed by atoms with Gasteiger partial charge in [-0.1, -0.05) is 6.07 Å². The average molecular weight is 389 g/mol. The molecule has 2 aromatic heterocycles. The van der Waals surface area contributed by atoms with E-state index in [1.165, 1.54) is 41.7 Å². The van der Waals surface area contributed by atoms with Crippen LogP contribution in [0.25, 0.3) is 10.2 Å².